The number of carbonyl (C=O) groups is 1. The zero-order valence-electron chi connectivity index (χ0n) is 8.16. The van der Waals surface area contributed by atoms with E-state index in [-0.39, 0.29) is 22.3 Å². The van der Waals surface area contributed by atoms with Gasteiger partial charge in [0.2, 0.25) is 0 Å². The number of aromatic nitrogens is 2. The Hall–Kier alpha value is -1.20. The Bertz CT molecular complexity index is 375. The van der Waals surface area contributed by atoms with Gasteiger partial charge in [0.05, 0.1) is 18.8 Å². The molecule has 80 valence electrons. The van der Waals surface area contributed by atoms with Crippen LogP contribution < -0.4 is 5.32 Å². The maximum absolute atomic E-state index is 11.7. The van der Waals surface area contributed by atoms with Gasteiger partial charge in [0, 0.05) is 0 Å². The van der Waals surface area contributed by atoms with Gasteiger partial charge in [-0.25, -0.2) is 0 Å². The van der Waals surface area contributed by atoms with E-state index in [4.69, 9.17) is 16.3 Å². The Labute approximate surface area is 91.8 Å². The molecule has 0 spiro atoms. The van der Waals surface area contributed by atoms with Crippen molar-refractivity contribution in [2.24, 2.45) is 0 Å². The molecule has 1 aromatic rings. The van der Waals surface area contributed by atoms with E-state index in [2.05, 4.69) is 15.5 Å². The molecular weight excluding hydrogens is 218 g/mol. The molecule has 1 fully saturated rings. The molecule has 15 heavy (non-hydrogen) atoms. The summed E-state index contributed by atoms with van der Waals surface area (Å²) in [6.07, 6.45) is 0. The molecule has 0 radical (unpaired) electrons. The lowest BCUT2D eigenvalue weighted by Crippen LogP contribution is -2.60. The Morgan fingerprint density at radius 3 is 2.73 bits per heavy atom. The lowest BCUT2D eigenvalue weighted by molar-refractivity contribution is -0.0594. The molecule has 0 aromatic carbocycles. The maximum atomic E-state index is 11.7. The van der Waals surface area contributed by atoms with Gasteiger partial charge < -0.3 is 10.1 Å². The highest BCUT2D eigenvalue weighted by Crippen LogP contribution is 2.16. The number of rotatable bonds is 2. The van der Waals surface area contributed by atoms with Crippen molar-refractivity contribution in [2.75, 3.05) is 13.2 Å². The summed E-state index contributed by atoms with van der Waals surface area (Å²) < 4.78 is 5.02. The Morgan fingerprint density at radius 2 is 2.27 bits per heavy atom. The van der Waals surface area contributed by atoms with Crippen LogP contribution in [0, 0.1) is 0 Å². The van der Waals surface area contributed by atoms with Crippen molar-refractivity contribution < 1.29 is 9.53 Å². The first kappa shape index (κ1) is 10.3. The van der Waals surface area contributed by atoms with Crippen LogP contribution in [-0.4, -0.2) is 34.9 Å². The van der Waals surface area contributed by atoms with Crippen LogP contribution in [-0.2, 0) is 4.74 Å². The zero-order valence-corrected chi connectivity index (χ0v) is 8.91. The van der Waals surface area contributed by atoms with Crippen molar-refractivity contribution in [2.45, 2.75) is 12.5 Å². The average Bonchev–Trinajstić information content (AvgIpc) is 2.16. The topological polar surface area (TPSA) is 64.1 Å². The second-order valence-electron chi connectivity index (χ2n) is 3.75. The summed E-state index contributed by atoms with van der Waals surface area (Å²) in [6.45, 7) is 2.97. The largest absolute Gasteiger partial charge is 0.376 e. The molecule has 0 unspecified atom stereocenters. The summed E-state index contributed by atoms with van der Waals surface area (Å²) in [5, 5.41) is 10.4. The average molecular weight is 228 g/mol. The molecule has 1 aromatic heterocycles. The van der Waals surface area contributed by atoms with E-state index in [9.17, 15) is 4.79 Å². The third kappa shape index (κ3) is 2.24. The van der Waals surface area contributed by atoms with Crippen molar-refractivity contribution in [3.05, 3.63) is 23.0 Å². The quantitative estimate of drug-likeness (QED) is 0.806. The summed E-state index contributed by atoms with van der Waals surface area (Å²) in [6, 6.07) is 3.07. The summed E-state index contributed by atoms with van der Waals surface area (Å²) in [5.41, 5.74) is -0.0224. The van der Waals surface area contributed by atoms with E-state index in [0.717, 1.165) is 0 Å². The van der Waals surface area contributed by atoms with Crippen LogP contribution in [0.4, 0.5) is 0 Å². The minimum Gasteiger partial charge on any atom is -0.376 e. The van der Waals surface area contributed by atoms with E-state index in [1.54, 1.807) is 0 Å². The fourth-order valence-corrected chi connectivity index (χ4v) is 1.36. The normalized spacial score (nSPS) is 18.0. The summed E-state index contributed by atoms with van der Waals surface area (Å²) >= 11 is 5.56. The number of nitrogens with zero attached hydrogens (tertiary/aromatic N) is 2. The smallest absolute Gasteiger partial charge is 0.272 e. The number of nitrogens with one attached hydrogen (secondary N) is 1. The van der Waals surface area contributed by atoms with E-state index in [1.807, 2.05) is 6.92 Å². The number of hydrogen-bond donors (Lipinski definition) is 1. The van der Waals surface area contributed by atoms with Crippen LogP contribution in [0.3, 0.4) is 0 Å². The molecule has 6 heteroatoms. The molecule has 0 saturated carbocycles. The Balaban J connectivity index is 2.04. The zero-order chi connectivity index (χ0) is 10.9. The molecule has 1 N–H and O–H groups in total. The Morgan fingerprint density at radius 1 is 1.53 bits per heavy atom. The van der Waals surface area contributed by atoms with Crippen LogP contribution >= 0.6 is 11.6 Å². The lowest BCUT2D eigenvalue weighted by atomic mass is 10.0. The van der Waals surface area contributed by atoms with E-state index in [1.165, 1.54) is 12.1 Å². The molecule has 1 amide bonds. The Kier molecular flexibility index (Phi) is 2.58. The fourth-order valence-electron chi connectivity index (χ4n) is 1.26. The summed E-state index contributed by atoms with van der Waals surface area (Å²) in [7, 11) is 0. The molecule has 1 aliphatic heterocycles. The highest BCUT2D eigenvalue weighted by Gasteiger charge is 2.35. The van der Waals surface area contributed by atoms with Crippen LogP contribution in [0.15, 0.2) is 12.1 Å². The first-order valence-electron chi connectivity index (χ1n) is 4.49. The maximum Gasteiger partial charge on any atom is 0.272 e. The predicted octanol–water partition coefficient (Wildman–Crippen LogP) is 0.649. The van der Waals surface area contributed by atoms with Gasteiger partial charge in [-0.3, -0.25) is 4.79 Å². The van der Waals surface area contributed by atoms with Crippen LogP contribution in [0.2, 0.25) is 5.15 Å². The minimum absolute atomic E-state index is 0.257. The monoisotopic (exact) mass is 227 g/mol. The summed E-state index contributed by atoms with van der Waals surface area (Å²) in [5.74, 6) is -0.259. The van der Waals surface area contributed by atoms with Crippen molar-refractivity contribution in [3.63, 3.8) is 0 Å². The van der Waals surface area contributed by atoms with Gasteiger partial charge in [-0.15, -0.1) is 10.2 Å². The number of halogens is 1. The van der Waals surface area contributed by atoms with Crippen molar-refractivity contribution in [1.82, 2.24) is 15.5 Å². The molecule has 1 aliphatic rings. The van der Waals surface area contributed by atoms with Gasteiger partial charge >= 0.3 is 0 Å². The standard InChI is InChI=1S/C9H10ClN3O2/c1-9(4-15-5-9)11-8(14)6-2-3-7(10)13-12-6/h2-3H,4-5H2,1H3,(H,11,14). The van der Waals surface area contributed by atoms with E-state index >= 15 is 0 Å². The van der Waals surface area contributed by atoms with Gasteiger partial charge in [-0.05, 0) is 19.1 Å². The van der Waals surface area contributed by atoms with Crippen LogP contribution in [0.5, 0.6) is 0 Å². The number of ether oxygens (including phenoxy) is 1. The molecular formula is C9H10ClN3O2. The second-order valence-corrected chi connectivity index (χ2v) is 4.14. The van der Waals surface area contributed by atoms with Gasteiger partial charge in [0.1, 0.15) is 0 Å². The lowest BCUT2D eigenvalue weighted by Gasteiger charge is -2.38. The van der Waals surface area contributed by atoms with Crippen LogP contribution in [0.1, 0.15) is 17.4 Å². The highest BCUT2D eigenvalue weighted by molar-refractivity contribution is 6.29. The van der Waals surface area contributed by atoms with Crippen molar-refractivity contribution in [3.8, 4) is 0 Å². The molecule has 0 aliphatic carbocycles. The summed E-state index contributed by atoms with van der Waals surface area (Å²) in [4.78, 5) is 11.7. The molecule has 5 nitrogen and oxygen atoms in total. The molecule has 2 rings (SSSR count). The van der Waals surface area contributed by atoms with E-state index < -0.39 is 0 Å². The van der Waals surface area contributed by atoms with Crippen LogP contribution in [0.25, 0.3) is 0 Å². The third-order valence-corrected chi connectivity index (χ3v) is 2.32. The predicted molar refractivity (Wildman–Crippen MR) is 53.7 cm³/mol. The minimum atomic E-state index is -0.279. The second kappa shape index (κ2) is 3.75. The highest BCUT2D eigenvalue weighted by atomic mass is 35.5. The third-order valence-electron chi connectivity index (χ3n) is 2.12. The SMILES string of the molecule is CC1(NC(=O)c2ccc(Cl)nn2)COC1. The van der Waals surface area contributed by atoms with Gasteiger partial charge in [-0.2, -0.15) is 0 Å². The molecule has 1 saturated heterocycles. The fraction of sp³-hybridized carbons (Fsp3) is 0.444. The first-order valence-corrected chi connectivity index (χ1v) is 4.86. The number of amides is 1. The van der Waals surface area contributed by atoms with Gasteiger partial charge in [0.25, 0.3) is 5.91 Å². The van der Waals surface area contributed by atoms with Crippen molar-refractivity contribution >= 4 is 17.5 Å². The molecule has 2 heterocycles. The molecule has 0 bridgehead atoms. The van der Waals surface area contributed by atoms with Crippen molar-refractivity contribution in [1.29, 1.82) is 0 Å². The molecule has 0 atom stereocenters. The van der Waals surface area contributed by atoms with E-state index in [0.29, 0.717) is 13.2 Å². The first-order chi connectivity index (χ1) is 7.09. The van der Waals surface area contributed by atoms with Gasteiger partial charge in [-0.1, -0.05) is 11.6 Å². The van der Waals surface area contributed by atoms with Gasteiger partial charge in [0.15, 0.2) is 10.8 Å². The number of hydrogen-bond acceptors (Lipinski definition) is 4. The number of carbonyl (C=O) groups excluding carboxylic acids is 1.